The molecule has 14 heavy (non-hydrogen) atoms. The monoisotopic (exact) mass is 328 g/mol. The number of hydrogen-bond donors (Lipinski definition) is 0. The lowest BCUT2D eigenvalue weighted by Crippen LogP contribution is -2.11. The minimum absolute atomic E-state index is 0.226. The highest BCUT2D eigenvalue weighted by atomic mass is 127. The zero-order valence-corrected chi connectivity index (χ0v) is 11.0. The van der Waals surface area contributed by atoms with E-state index in [4.69, 9.17) is 0 Å². The van der Waals surface area contributed by atoms with Crippen LogP contribution in [-0.2, 0) is 16.4 Å². The zero-order valence-electron chi connectivity index (χ0n) is 7.98. The summed E-state index contributed by atoms with van der Waals surface area (Å²) in [7, 11) is -2.83. The molecule has 0 fully saturated rings. The Morgan fingerprint density at radius 1 is 1.57 bits per heavy atom. The average molecular weight is 328 g/mol. The number of sulfone groups is 1. The molecule has 6 heteroatoms. The third-order valence-electron chi connectivity index (χ3n) is 1.89. The number of aromatic nitrogens is 2. The second-order valence-electron chi connectivity index (χ2n) is 2.99. The molecule has 0 atom stereocenters. The van der Waals surface area contributed by atoms with Crippen LogP contribution in [0.2, 0.25) is 0 Å². The normalized spacial score (nSPS) is 11.9. The highest BCUT2D eigenvalue weighted by Crippen LogP contribution is 2.01. The first kappa shape index (κ1) is 12.0. The highest BCUT2D eigenvalue weighted by molar-refractivity contribution is 14.1. The van der Waals surface area contributed by atoms with Gasteiger partial charge in [0.15, 0.2) is 0 Å². The fourth-order valence-electron chi connectivity index (χ4n) is 1.05. The van der Waals surface area contributed by atoms with Crippen LogP contribution in [0.3, 0.4) is 0 Å². The number of nitrogens with zero attached hydrogens (tertiary/aromatic N) is 2. The summed E-state index contributed by atoms with van der Waals surface area (Å²) in [5.74, 6) is 0.476. The van der Waals surface area contributed by atoms with Crippen LogP contribution in [0.15, 0.2) is 12.3 Å². The molecule has 0 spiro atoms. The molecule has 0 aliphatic rings. The van der Waals surface area contributed by atoms with Gasteiger partial charge in [-0.05, 0) is 35.1 Å². The van der Waals surface area contributed by atoms with Crippen LogP contribution >= 0.6 is 22.6 Å². The predicted molar refractivity (Wildman–Crippen MR) is 63.9 cm³/mol. The molecule has 0 N–H and O–H groups in total. The van der Waals surface area contributed by atoms with Crippen molar-refractivity contribution in [1.29, 1.82) is 0 Å². The number of halogens is 1. The van der Waals surface area contributed by atoms with Crippen molar-refractivity contribution < 1.29 is 8.42 Å². The number of hydrogen-bond acceptors (Lipinski definition) is 3. The molecular weight excluding hydrogens is 315 g/mol. The van der Waals surface area contributed by atoms with Gasteiger partial charge in [-0.15, -0.1) is 0 Å². The van der Waals surface area contributed by atoms with Crippen molar-refractivity contribution in [3.63, 3.8) is 0 Å². The summed E-state index contributed by atoms with van der Waals surface area (Å²) in [4.78, 5) is 0. The molecule has 4 nitrogen and oxygen atoms in total. The van der Waals surface area contributed by atoms with Gasteiger partial charge in [-0.3, -0.25) is 4.68 Å². The Kier molecular flexibility index (Phi) is 4.36. The molecule has 0 radical (unpaired) electrons. The minimum atomic E-state index is -2.83. The Balaban J connectivity index is 2.36. The van der Waals surface area contributed by atoms with Crippen molar-refractivity contribution in [2.75, 3.05) is 11.5 Å². The third-order valence-corrected chi connectivity index (χ3v) is 4.26. The van der Waals surface area contributed by atoms with Gasteiger partial charge >= 0.3 is 0 Å². The minimum Gasteiger partial charge on any atom is -0.272 e. The predicted octanol–water partition coefficient (Wildman–Crippen LogP) is 1.31. The van der Waals surface area contributed by atoms with Crippen LogP contribution in [0.1, 0.15) is 13.3 Å². The zero-order chi connectivity index (χ0) is 10.6. The Morgan fingerprint density at radius 2 is 2.29 bits per heavy atom. The van der Waals surface area contributed by atoms with Crippen molar-refractivity contribution in [1.82, 2.24) is 9.78 Å². The Bertz CT molecular complexity index is 386. The maximum absolute atomic E-state index is 11.2. The maximum Gasteiger partial charge on any atom is 0.150 e. The van der Waals surface area contributed by atoms with E-state index in [9.17, 15) is 8.42 Å². The molecule has 0 aromatic carbocycles. The van der Waals surface area contributed by atoms with Crippen LogP contribution in [0.5, 0.6) is 0 Å². The summed E-state index contributed by atoms with van der Waals surface area (Å²) < 4.78 is 25.0. The molecule has 1 aromatic heterocycles. The first-order chi connectivity index (χ1) is 6.53. The SMILES string of the molecule is CCS(=O)(=O)CCCn1ccc(I)n1. The van der Waals surface area contributed by atoms with E-state index < -0.39 is 9.84 Å². The van der Waals surface area contributed by atoms with Crippen LogP contribution in [0, 0.1) is 3.70 Å². The number of aryl methyl sites for hydroxylation is 1. The van der Waals surface area contributed by atoms with Crippen molar-refractivity contribution in [2.24, 2.45) is 0 Å². The molecular formula is C8H13IN2O2S. The molecule has 0 saturated carbocycles. The lowest BCUT2D eigenvalue weighted by Gasteiger charge is -2.01. The number of rotatable bonds is 5. The fourth-order valence-corrected chi connectivity index (χ4v) is 2.35. The van der Waals surface area contributed by atoms with E-state index in [1.165, 1.54) is 0 Å². The molecule has 0 aliphatic carbocycles. The average Bonchev–Trinajstić information content (AvgIpc) is 2.51. The van der Waals surface area contributed by atoms with Crippen LogP contribution in [0.25, 0.3) is 0 Å². The molecule has 1 aromatic rings. The molecule has 1 heterocycles. The van der Waals surface area contributed by atoms with Gasteiger partial charge in [0, 0.05) is 18.5 Å². The molecule has 80 valence electrons. The van der Waals surface area contributed by atoms with E-state index in [1.54, 1.807) is 11.6 Å². The Labute approximate surface area is 97.8 Å². The largest absolute Gasteiger partial charge is 0.272 e. The molecule has 0 amide bonds. The first-order valence-electron chi connectivity index (χ1n) is 4.43. The summed E-state index contributed by atoms with van der Waals surface area (Å²) in [6.45, 7) is 2.34. The van der Waals surface area contributed by atoms with E-state index >= 15 is 0 Å². The second kappa shape index (κ2) is 5.11. The molecule has 0 saturated heterocycles. The Morgan fingerprint density at radius 3 is 2.79 bits per heavy atom. The summed E-state index contributed by atoms with van der Waals surface area (Å²) in [5, 5.41) is 4.16. The molecule has 0 aliphatic heterocycles. The summed E-state index contributed by atoms with van der Waals surface area (Å²) in [5.41, 5.74) is 0. The first-order valence-corrected chi connectivity index (χ1v) is 7.33. The van der Waals surface area contributed by atoms with Crippen LogP contribution < -0.4 is 0 Å². The van der Waals surface area contributed by atoms with Gasteiger partial charge < -0.3 is 0 Å². The van der Waals surface area contributed by atoms with E-state index in [1.807, 2.05) is 12.3 Å². The van der Waals surface area contributed by atoms with Crippen LogP contribution in [0.4, 0.5) is 0 Å². The molecule has 0 bridgehead atoms. The summed E-state index contributed by atoms with van der Waals surface area (Å²) >= 11 is 2.13. The van der Waals surface area contributed by atoms with Crippen molar-refractivity contribution in [3.8, 4) is 0 Å². The van der Waals surface area contributed by atoms with E-state index in [0.717, 1.165) is 3.70 Å². The Hall–Kier alpha value is -0.110. The fraction of sp³-hybridized carbons (Fsp3) is 0.625. The third kappa shape index (κ3) is 3.95. The molecule has 1 rings (SSSR count). The van der Waals surface area contributed by atoms with Gasteiger partial charge in [-0.25, -0.2) is 8.42 Å². The van der Waals surface area contributed by atoms with Crippen LogP contribution in [-0.4, -0.2) is 29.7 Å². The van der Waals surface area contributed by atoms with Crippen molar-refractivity contribution in [3.05, 3.63) is 16.0 Å². The standard InChI is InChI=1S/C8H13IN2O2S/c1-2-14(12,13)7-3-5-11-6-4-8(9)10-11/h4,6H,2-3,5,7H2,1H3. The summed E-state index contributed by atoms with van der Waals surface area (Å²) in [6, 6.07) is 1.90. The second-order valence-corrected chi connectivity index (χ2v) is 6.57. The van der Waals surface area contributed by atoms with Gasteiger partial charge in [0.25, 0.3) is 0 Å². The van der Waals surface area contributed by atoms with Crippen molar-refractivity contribution in [2.45, 2.75) is 19.9 Å². The van der Waals surface area contributed by atoms with Gasteiger partial charge in [0.05, 0.1) is 5.75 Å². The maximum atomic E-state index is 11.2. The van der Waals surface area contributed by atoms with Crippen molar-refractivity contribution >= 4 is 32.4 Å². The van der Waals surface area contributed by atoms with E-state index in [0.29, 0.717) is 13.0 Å². The topological polar surface area (TPSA) is 52.0 Å². The highest BCUT2D eigenvalue weighted by Gasteiger charge is 2.06. The van der Waals surface area contributed by atoms with Gasteiger partial charge in [0.2, 0.25) is 0 Å². The quantitative estimate of drug-likeness (QED) is 0.766. The van der Waals surface area contributed by atoms with Gasteiger partial charge in [-0.1, -0.05) is 6.92 Å². The van der Waals surface area contributed by atoms with E-state index in [-0.39, 0.29) is 11.5 Å². The van der Waals surface area contributed by atoms with Gasteiger partial charge in [-0.2, -0.15) is 5.10 Å². The van der Waals surface area contributed by atoms with Gasteiger partial charge in [0.1, 0.15) is 13.5 Å². The lowest BCUT2D eigenvalue weighted by atomic mass is 10.5. The van der Waals surface area contributed by atoms with E-state index in [2.05, 4.69) is 27.7 Å². The molecule has 0 unspecified atom stereocenters. The lowest BCUT2D eigenvalue weighted by molar-refractivity contribution is 0.572. The smallest absolute Gasteiger partial charge is 0.150 e. The summed E-state index contributed by atoms with van der Waals surface area (Å²) in [6.07, 6.45) is 2.49.